The van der Waals surface area contributed by atoms with Crippen LogP contribution in [0.1, 0.15) is 41.0 Å². The summed E-state index contributed by atoms with van der Waals surface area (Å²) in [4.78, 5) is 49.5. The number of nitrogens with zero attached hydrogens (tertiary/aromatic N) is 6. The van der Waals surface area contributed by atoms with E-state index in [1.54, 1.807) is 34.0 Å². The second-order valence-electron chi connectivity index (χ2n) is 12.1. The number of methoxy groups -OCH3 is 1. The first-order valence-electron chi connectivity index (χ1n) is 15.2. The van der Waals surface area contributed by atoms with Crippen molar-refractivity contribution in [3.05, 3.63) is 64.7 Å². The predicted molar refractivity (Wildman–Crippen MR) is 166 cm³/mol. The maximum atomic E-state index is 15.0. The van der Waals surface area contributed by atoms with Crippen molar-refractivity contribution in [1.82, 2.24) is 24.6 Å². The zero-order chi connectivity index (χ0) is 33.0. The quantitative estimate of drug-likeness (QED) is 0.282. The smallest absolute Gasteiger partial charge is 0.453 e. The lowest BCUT2D eigenvalue weighted by Crippen LogP contribution is -2.50. The third-order valence-electron chi connectivity index (χ3n) is 8.82. The molecule has 3 aromatic heterocycles. The zero-order valence-corrected chi connectivity index (χ0v) is 26.0. The normalized spacial score (nSPS) is 18.7. The van der Waals surface area contributed by atoms with Gasteiger partial charge in [0.15, 0.2) is 11.4 Å². The summed E-state index contributed by atoms with van der Waals surface area (Å²) in [5.74, 6) is -2.08. The molecule has 4 aromatic rings. The first-order valence-corrected chi connectivity index (χ1v) is 15.5. The molecule has 0 bridgehead atoms. The van der Waals surface area contributed by atoms with Gasteiger partial charge in [0.1, 0.15) is 0 Å². The molecule has 7 rings (SSSR count). The number of ether oxygens (including phenoxy) is 2. The summed E-state index contributed by atoms with van der Waals surface area (Å²) < 4.78 is 41.6. The molecule has 244 valence electrons. The van der Waals surface area contributed by atoms with E-state index in [9.17, 15) is 14.4 Å². The molecule has 2 N–H and O–H groups in total. The third kappa shape index (κ3) is 5.81. The highest BCUT2D eigenvalue weighted by Crippen LogP contribution is 2.45. The van der Waals surface area contributed by atoms with Crippen molar-refractivity contribution in [2.24, 2.45) is 17.6 Å². The number of carbonyl (C=O) groups is 3. The molecule has 0 radical (unpaired) electrons. The van der Waals surface area contributed by atoms with Gasteiger partial charge in [-0.3, -0.25) is 19.5 Å². The Bertz CT molecular complexity index is 1910. The first kappa shape index (κ1) is 30.8. The molecule has 2 aliphatic heterocycles. The van der Waals surface area contributed by atoms with Gasteiger partial charge in [-0.15, -0.1) is 0 Å². The number of alkyl halides is 2. The number of aromatic nitrogens is 4. The van der Waals surface area contributed by atoms with Gasteiger partial charge in [0.05, 0.1) is 47.5 Å². The summed E-state index contributed by atoms with van der Waals surface area (Å²) in [7, 11) is 1.35. The minimum absolute atomic E-state index is 0.0863. The monoisotopic (exact) mass is 665 g/mol. The molecule has 1 aliphatic carbocycles. The average Bonchev–Trinajstić information content (AvgIpc) is 3.58. The van der Waals surface area contributed by atoms with E-state index >= 15 is 8.78 Å². The summed E-state index contributed by atoms with van der Waals surface area (Å²) in [5.41, 5.74) is 8.38. The number of halogens is 3. The molecule has 0 spiro atoms. The molecule has 47 heavy (non-hydrogen) atoms. The second kappa shape index (κ2) is 11.7. The fourth-order valence-corrected chi connectivity index (χ4v) is 6.45. The number of amides is 3. The van der Waals surface area contributed by atoms with Gasteiger partial charge in [0.25, 0.3) is 5.91 Å². The molecule has 3 aliphatic rings. The van der Waals surface area contributed by atoms with Gasteiger partial charge in [0.2, 0.25) is 0 Å². The van der Waals surface area contributed by atoms with Crippen molar-refractivity contribution in [2.45, 2.75) is 44.9 Å². The van der Waals surface area contributed by atoms with Gasteiger partial charge < -0.3 is 20.1 Å². The van der Waals surface area contributed by atoms with Crippen molar-refractivity contribution in [3.8, 4) is 16.9 Å². The maximum Gasteiger partial charge on any atom is 0.482 e. The van der Waals surface area contributed by atoms with Crippen molar-refractivity contribution < 1.29 is 32.6 Å². The molecule has 1 aromatic carbocycles. The molecule has 0 unspecified atom stereocenters. The minimum Gasteiger partial charge on any atom is -0.453 e. The van der Waals surface area contributed by atoms with E-state index in [4.69, 9.17) is 31.8 Å². The Balaban J connectivity index is 1.32. The van der Waals surface area contributed by atoms with Crippen LogP contribution in [0.5, 0.6) is 5.75 Å². The number of carbonyl (C=O) groups excluding carboxylic acids is 3. The molecule has 1 saturated carbocycles. The molecule has 15 heteroatoms. The number of pyridine rings is 2. The van der Waals surface area contributed by atoms with Crippen molar-refractivity contribution in [2.75, 3.05) is 25.1 Å². The molecule has 12 nitrogen and oxygen atoms in total. The Hall–Kier alpha value is -4.85. The van der Waals surface area contributed by atoms with Crippen LogP contribution < -0.4 is 15.4 Å². The van der Waals surface area contributed by atoms with Crippen LogP contribution in [0.2, 0.25) is 5.02 Å². The van der Waals surface area contributed by atoms with Crippen molar-refractivity contribution in [1.29, 1.82) is 0 Å². The van der Waals surface area contributed by atoms with E-state index in [1.807, 2.05) is 0 Å². The van der Waals surface area contributed by atoms with E-state index in [2.05, 4.69) is 10.1 Å². The van der Waals surface area contributed by atoms with Crippen LogP contribution in [0.4, 0.5) is 19.3 Å². The first-order chi connectivity index (χ1) is 22.5. The highest BCUT2D eigenvalue weighted by molar-refractivity contribution is 6.30. The number of rotatable bonds is 8. The Labute approximate surface area is 272 Å². The van der Waals surface area contributed by atoms with E-state index in [1.165, 1.54) is 25.4 Å². The molecule has 1 saturated heterocycles. The maximum absolute atomic E-state index is 15.0. The largest absolute Gasteiger partial charge is 0.482 e. The van der Waals surface area contributed by atoms with E-state index in [0.717, 1.165) is 24.2 Å². The lowest BCUT2D eigenvalue weighted by atomic mass is 9.93. The fourth-order valence-electron chi connectivity index (χ4n) is 6.34. The van der Waals surface area contributed by atoms with Gasteiger partial charge in [-0.2, -0.15) is 13.9 Å². The predicted octanol–water partition coefficient (Wildman–Crippen LogP) is 4.80. The van der Waals surface area contributed by atoms with E-state index < -0.39 is 17.9 Å². The molecular weight excluding hydrogens is 636 g/mol. The molecule has 1 atom stereocenters. The summed E-state index contributed by atoms with van der Waals surface area (Å²) in [6.45, 7) is 1.26. The van der Waals surface area contributed by atoms with Crippen LogP contribution in [0.3, 0.4) is 0 Å². The van der Waals surface area contributed by atoms with Crippen molar-refractivity contribution in [3.63, 3.8) is 0 Å². The number of nitrogens with two attached hydrogens (primary N) is 1. The van der Waals surface area contributed by atoms with Crippen molar-refractivity contribution >= 4 is 46.2 Å². The number of benzene rings is 1. The Morgan fingerprint density at radius 3 is 2.66 bits per heavy atom. The number of hydrogen-bond acceptors (Lipinski definition) is 8. The van der Waals surface area contributed by atoms with Gasteiger partial charge in [-0.25, -0.2) is 14.5 Å². The molecule has 3 amide bonds. The van der Waals surface area contributed by atoms with Crippen LogP contribution in [0, 0.1) is 11.8 Å². The summed E-state index contributed by atoms with van der Waals surface area (Å²) in [5, 5.41) is 5.47. The average molecular weight is 666 g/mol. The van der Waals surface area contributed by atoms with Gasteiger partial charge in [-0.1, -0.05) is 17.7 Å². The standard InChI is InChI=1S/C32H30ClF2N7O5/c1-46-31(45)40-9-8-18(14-40)15-42-29-22(13-38-42)26(27(28(36)43)23(39-29)10-17-2-3-17)19-4-7-24-25(11-19)47-32(34,35)30(44)41(24)16-21-6-5-20(33)12-37-21/h4-7,11-13,17-18H,2-3,8-10,14-16H2,1H3,(H2,36,43)/t18-/m1/s1. The molecular formula is C32H30ClF2N7O5. The van der Waals surface area contributed by atoms with Gasteiger partial charge in [0, 0.05) is 36.8 Å². The summed E-state index contributed by atoms with van der Waals surface area (Å²) in [6, 6.07) is 7.60. The fraction of sp³-hybridized carbons (Fsp3) is 0.375. The molecule has 5 heterocycles. The van der Waals surface area contributed by atoms with Crippen LogP contribution >= 0.6 is 11.6 Å². The topological polar surface area (TPSA) is 146 Å². The van der Waals surface area contributed by atoms with E-state index in [0.29, 0.717) is 70.5 Å². The van der Waals surface area contributed by atoms with Crippen LogP contribution in [0.25, 0.3) is 22.2 Å². The van der Waals surface area contributed by atoms with Gasteiger partial charge >= 0.3 is 18.1 Å². The van der Waals surface area contributed by atoms with Crippen LogP contribution in [-0.2, 0) is 29.0 Å². The number of hydrogen-bond donors (Lipinski definition) is 1. The zero-order valence-electron chi connectivity index (χ0n) is 25.3. The number of fused-ring (bicyclic) bond motifs is 2. The second-order valence-corrected chi connectivity index (χ2v) is 12.6. The lowest BCUT2D eigenvalue weighted by Gasteiger charge is -2.33. The van der Waals surface area contributed by atoms with Crippen LogP contribution in [0.15, 0.2) is 42.7 Å². The lowest BCUT2D eigenvalue weighted by molar-refractivity contribution is -0.193. The van der Waals surface area contributed by atoms with Crippen LogP contribution in [-0.4, -0.2) is 68.9 Å². The minimum atomic E-state index is -4.15. The Morgan fingerprint density at radius 2 is 1.96 bits per heavy atom. The highest BCUT2D eigenvalue weighted by Gasteiger charge is 2.50. The van der Waals surface area contributed by atoms with E-state index in [-0.39, 0.29) is 35.6 Å². The SMILES string of the molecule is COC(=O)N1CC[C@@H](Cn2ncc3c(-c4ccc5c(c4)OC(F)(F)C(=O)N5Cc4ccc(Cl)cn4)c(C(N)=O)c(CC4CC4)nc32)C1. The van der Waals surface area contributed by atoms with Gasteiger partial charge in [-0.05, 0) is 67.3 Å². The number of anilines is 1. The molecule has 2 fully saturated rings. The Kier molecular flexibility index (Phi) is 7.69. The third-order valence-corrected chi connectivity index (χ3v) is 9.04. The highest BCUT2D eigenvalue weighted by atomic mass is 35.5. The summed E-state index contributed by atoms with van der Waals surface area (Å²) >= 11 is 5.93. The Morgan fingerprint density at radius 1 is 1.15 bits per heavy atom. The number of likely N-dealkylation sites (tertiary alicyclic amines) is 1. The summed E-state index contributed by atoms with van der Waals surface area (Å²) in [6.07, 6.45) is 1.65. The number of primary amides is 1.